The van der Waals surface area contributed by atoms with Gasteiger partial charge in [-0.2, -0.15) is 0 Å². The second-order valence-corrected chi connectivity index (χ2v) is 6.43. The molecule has 5 nitrogen and oxygen atoms in total. The van der Waals surface area contributed by atoms with Crippen LogP contribution in [0.25, 0.3) is 0 Å². The minimum absolute atomic E-state index is 0.436. The summed E-state index contributed by atoms with van der Waals surface area (Å²) in [5, 5.41) is 0. The molecule has 25 heavy (non-hydrogen) atoms. The molecular formula is C20H29N3O2+2. The van der Waals surface area contributed by atoms with Crippen molar-refractivity contribution in [3.63, 3.8) is 0 Å². The molecule has 4 N–H and O–H groups in total. The lowest BCUT2D eigenvalue weighted by atomic mass is 10.0. The molecule has 1 fully saturated rings. The van der Waals surface area contributed by atoms with Gasteiger partial charge in [-0.05, 0) is 36.4 Å². The molecular weight excluding hydrogens is 314 g/mol. The number of hydrogen-bond acceptors (Lipinski definition) is 3. The number of nitrogens with zero attached hydrogens (tertiary/aromatic N) is 1. The first-order chi connectivity index (χ1) is 12.3. The fraction of sp³-hybridized carbons (Fsp3) is 0.400. The Morgan fingerprint density at radius 3 is 2.28 bits per heavy atom. The third-order valence-corrected chi connectivity index (χ3v) is 5.13. The maximum absolute atomic E-state index is 5.51. The molecule has 0 bridgehead atoms. The average Bonchev–Trinajstić information content (AvgIpc) is 2.69. The van der Waals surface area contributed by atoms with Crippen LogP contribution in [-0.4, -0.2) is 46.9 Å². The SMILES string of the molecule is COc1ccc([C@@H](C[NH3+])[NH+]2CCN(c3ccccc3OC)CC2)cc1. The van der Waals surface area contributed by atoms with E-state index in [1.807, 2.05) is 24.3 Å². The zero-order valence-corrected chi connectivity index (χ0v) is 15.2. The van der Waals surface area contributed by atoms with Crippen molar-refractivity contribution >= 4 is 5.69 Å². The van der Waals surface area contributed by atoms with Gasteiger partial charge >= 0.3 is 0 Å². The van der Waals surface area contributed by atoms with E-state index in [1.165, 1.54) is 11.3 Å². The summed E-state index contributed by atoms with van der Waals surface area (Å²) in [6.07, 6.45) is 0. The third-order valence-electron chi connectivity index (χ3n) is 5.13. The van der Waals surface area contributed by atoms with Gasteiger partial charge in [0.1, 0.15) is 18.0 Å². The van der Waals surface area contributed by atoms with Crippen LogP contribution in [0.1, 0.15) is 11.6 Å². The van der Waals surface area contributed by atoms with E-state index < -0.39 is 0 Å². The minimum Gasteiger partial charge on any atom is -0.497 e. The summed E-state index contributed by atoms with van der Waals surface area (Å²) in [5.41, 5.74) is 6.74. The van der Waals surface area contributed by atoms with Gasteiger partial charge in [0.2, 0.25) is 0 Å². The summed E-state index contributed by atoms with van der Waals surface area (Å²) in [6, 6.07) is 17.1. The van der Waals surface area contributed by atoms with E-state index in [1.54, 1.807) is 19.1 Å². The lowest BCUT2D eigenvalue weighted by Crippen LogP contribution is -3.16. The number of quaternary nitrogens is 2. The van der Waals surface area contributed by atoms with Crippen molar-refractivity contribution in [1.82, 2.24) is 0 Å². The van der Waals surface area contributed by atoms with E-state index in [4.69, 9.17) is 9.47 Å². The molecule has 1 atom stereocenters. The Hall–Kier alpha value is -2.24. The summed E-state index contributed by atoms with van der Waals surface area (Å²) < 4.78 is 10.8. The van der Waals surface area contributed by atoms with Crippen LogP contribution in [0.5, 0.6) is 11.5 Å². The number of piperazine rings is 1. The Labute approximate surface area is 149 Å². The number of nitrogens with one attached hydrogen (secondary N) is 1. The van der Waals surface area contributed by atoms with Gasteiger partial charge in [0, 0.05) is 5.56 Å². The molecule has 1 saturated heterocycles. The molecule has 5 heteroatoms. The smallest absolute Gasteiger partial charge is 0.163 e. The molecule has 0 saturated carbocycles. The van der Waals surface area contributed by atoms with Crippen LogP contribution >= 0.6 is 0 Å². The highest BCUT2D eigenvalue weighted by Gasteiger charge is 2.29. The Bertz CT molecular complexity index is 667. The van der Waals surface area contributed by atoms with Crippen molar-refractivity contribution in [2.24, 2.45) is 0 Å². The van der Waals surface area contributed by atoms with E-state index in [2.05, 4.69) is 34.9 Å². The molecule has 1 aliphatic heterocycles. The summed E-state index contributed by atoms with van der Waals surface area (Å²) in [6.45, 7) is 5.16. The Morgan fingerprint density at radius 2 is 1.68 bits per heavy atom. The minimum atomic E-state index is 0.436. The predicted octanol–water partition coefficient (Wildman–Crippen LogP) is 0.392. The fourth-order valence-corrected chi connectivity index (χ4v) is 3.72. The molecule has 0 aliphatic carbocycles. The molecule has 1 aliphatic rings. The van der Waals surface area contributed by atoms with Gasteiger partial charge in [-0.3, -0.25) is 0 Å². The highest BCUT2D eigenvalue weighted by atomic mass is 16.5. The predicted molar refractivity (Wildman–Crippen MR) is 99.4 cm³/mol. The monoisotopic (exact) mass is 343 g/mol. The van der Waals surface area contributed by atoms with Crippen LogP contribution < -0.4 is 25.0 Å². The van der Waals surface area contributed by atoms with E-state index in [-0.39, 0.29) is 0 Å². The van der Waals surface area contributed by atoms with Gasteiger partial charge < -0.3 is 25.0 Å². The summed E-state index contributed by atoms with van der Waals surface area (Å²) in [4.78, 5) is 4.03. The number of hydrogen-bond donors (Lipinski definition) is 2. The second kappa shape index (κ2) is 8.23. The van der Waals surface area contributed by atoms with Gasteiger partial charge in [-0.1, -0.05) is 12.1 Å². The van der Waals surface area contributed by atoms with Gasteiger partial charge in [0.05, 0.1) is 46.1 Å². The van der Waals surface area contributed by atoms with Crippen molar-refractivity contribution in [3.8, 4) is 11.5 Å². The first kappa shape index (κ1) is 17.6. The number of para-hydroxylation sites is 2. The van der Waals surface area contributed by atoms with Crippen molar-refractivity contribution in [1.29, 1.82) is 0 Å². The van der Waals surface area contributed by atoms with Crippen molar-refractivity contribution in [2.75, 3.05) is 51.8 Å². The molecule has 0 amide bonds. The number of benzene rings is 2. The van der Waals surface area contributed by atoms with Crippen LogP contribution in [0.3, 0.4) is 0 Å². The first-order valence-corrected chi connectivity index (χ1v) is 8.92. The van der Waals surface area contributed by atoms with Crippen LogP contribution in [-0.2, 0) is 0 Å². The van der Waals surface area contributed by atoms with E-state index in [0.29, 0.717) is 6.04 Å². The maximum atomic E-state index is 5.51. The summed E-state index contributed by atoms with van der Waals surface area (Å²) in [7, 11) is 3.44. The van der Waals surface area contributed by atoms with Crippen molar-refractivity contribution in [3.05, 3.63) is 54.1 Å². The Balaban J connectivity index is 1.67. The Morgan fingerprint density at radius 1 is 1.00 bits per heavy atom. The number of methoxy groups -OCH3 is 2. The average molecular weight is 343 g/mol. The molecule has 0 aromatic heterocycles. The van der Waals surface area contributed by atoms with Crippen LogP contribution in [0, 0.1) is 0 Å². The van der Waals surface area contributed by atoms with Gasteiger partial charge in [-0.15, -0.1) is 0 Å². The quantitative estimate of drug-likeness (QED) is 0.798. The van der Waals surface area contributed by atoms with E-state index in [0.717, 1.165) is 44.2 Å². The largest absolute Gasteiger partial charge is 0.497 e. The molecule has 2 aromatic rings. The number of rotatable bonds is 6. The molecule has 3 rings (SSSR count). The van der Waals surface area contributed by atoms with E-state index in [9.17, 15) is 0 Å². The highest BCUT2D eigenvalue weighted by Crippen LogP contribution is 2.27. The van der Waals surface area contributed by atoms with Crippen LogP contribution in [0.4, 0.5) is 5.69 Å². The Kier molecular flexibility index (Phi) is 5.79. The topological polar surface area (TPSA) is 53.8 Å². The lowest BCUT2D eigenvalue weighted by Gasteiger charge is -2.37. The molecule has 1 heterocycles. The standard InChI is InChI=1S/C20H27N3O2/c1-24-17-9-7-16(8-10-17)19(15-21)23-13-11-22(12-14-23)18-5-3-4-6-20(18)25-2/h3-10,19H,11-15,21H2,1-2H3/p+2/t19-/m1/s1. The molecule has 2 aromatic carbocycles. The van der Waals surface area contributed by atoms with Crippen LogP contribution in [0.15, 0.2) is 48.5 Å². The number of anilines is 1. The fourth-order valence-electron chi connectivity index (χ4n) is 3.72. The number of ether oxygens (including phenoxy) is 2. The summed E-state index contributed by atoms with van der Waals surface area (Å²) >= 11 is 0. The van der Waals surface area contributed by atoms with Crippen molar-refractivity contribution in [2.45, 2.75) is 6.04 Å². The molecule has 0 spiro atoms. The maximum Gasteiger partial charge on any atom is 0.163 e. The highest BCUT2D eigenvalue weighted by molar-refractivity contribution is 5.58. The molecule has 0 unspecified atom stereocenters. The van der Waals surface area contributed by atoms with Gasteiger partial charge in [0.15, 0.2) is 6.04 Å². The zero-order chi connectivity index (χ0) is 17.6. The second-order valence-electron chi connectivity index (χ2n) is 6.43. The normalized spacial score (nSPS) is 16.5. The van der Waals surface area contributed by atoms with Gasteiger partial charge in [0.25, 0.3) is 0 Å². The van der Waals surface area contributed by atoms with Crippen LogP contribution in [0.2, 0.25) is 0 Å². The van der Waals surface area contributed by atoms with E-state index >= 15 is 0 Å². The third kappa shape index (κ3) is 3.89. The zero-order valence-electron chi connectivity index (χ0n) is 15.2. The van der Waals surface area contributed by atoms with Gasteiger partial charge in [-0.25, -0.2) is 0 Å². The molecule has 0 radical (unpaired) electrons. The molecule has 134 valence electrons. The first-order valence-electron chi connectivity index (χ1n) is 8.92. The van der Waals surface area contributed by atoms with Crippen molar-refractivity contribution < 1.29 is 20.1 Å². The lowest BCUT2D eigenvalue weighted by molar-refractivity contribution is -0.938. The summed E-state index contributed by atoms with van der Waals surface area (Å²) in [5.74, 6) is 1.86.